The number of thiocarbonyl (C=S) groups is 1. The van der Waals surface area contributed by atoms with Crippen LogP contribution in [0.1, 0.15) is 0 Å². The summed E-state index contributed by atoms with van der Waals surface area (Å²) in [6.07, 6.45) is 0. The summed E-state index contributed by atoms with van der Waals surface area (Å²) in [5.41, 5.74) is 0.316. The Balaban J connectivity index is 1.61. The molecule has 1 aromatic carbocycles. The first-order valence-electron chi connectivity index (χ1n) is 7.32. The van der Waals surface area contributed by atoms with Gasteiger partial charge >= 0.3 is 0 Å². The highest BCUT2D eigenvalue weighted by atomic mass is 32.2. The molecule has 0 bridgehead atoms. The molecule has 0 spiro atoms. The summed E-state index contributed by atoms with van der Waals surface area (Å²) in [4.78, 5) is 1.85. The number of rotatable bonds is 3. The lowest BCUT2D eigenvalue weighted by Crippen LogP contribution is -2.51. The smallest absolute Gasteiger partial charge is 0.252 e. The van der Waals surface area contributed by atoms with E-state index in [0.29, 0.717) is 41.2 Å². The zero-order valence-electron chi connectivity index (χ0n) is 12.7. The molecule has 3 rings (SSSR count). The van der Waals surface area contributed by atoms with E-state index < -0.39 is 10.0 Å². The second kappa shape index (κ2) is 7.14. The van der Waals surface area contributed by atoms with Crippen LogP contribution in [-0.4, -0.2) is 48.9 Å². The highest BCUT2D eigenvalue weighted by molar-refractivity contribution is 7.91. The van der Waals surface area contributed by atoms with Crippen molar-refractivity contribution >= 4 is 44.4 Å². The molecule has 0 aliphatic carbocycles. The number of anilines is 1. The molecule has 1 aliphatic rings. The fourth-order valence-corrected chi connectivity index (χ4v) is 5.29. The number of benzene rings is 1. The Bertz CT molecular complexity index is 816. The molecule has 0 saturated carbocycles. The first kappa shape index (κ1) is 17.3. The van der Waals surface area contributed by atoms with Crippen molar-refractivity contribution in [2.45, 2.75) is 4.21 Å². The van der Waals surface area contributed by atoms with Crippen molar-refractivity contribution in [3.8, 4) is 0 Å². The molecule has 5 nitrogen and oxygen atoms in total. The quantitative estimate of drug-likeness (QED) is 0.823. The molecule has 24 heavy (non-hydrogen) atoms. The van der Waals surface area contributed by atoms with E-state index in [1.54, 1.807) is 35.7 Å². The number of sulfonamides is 1. The number of piperazine rings is 1. The minimum atomic E-state index is -3.43. The van der Waals surface area contributed by atoms with Crippen molar-refractivity contribution in [3.05, 3.63) is 47.6 Å². The molecule has 0 radical (unpaired) electrons. The molecule has 2 heterocycles. The lowest BCUT2D eigenvalue weighted by molar-refractivity contribution is 0.269. The van der Waals surface area contributed by atoms with E-state index in [1.807, 2.05) is 4.90 Å². The Hall–Kier alpha value is -1.55. The van der Waals surface area contributed by atoms with Crippen LogP contribution in [0.25, 0.3) is 0 Å². The molecule has 0 atom stereocenters. The maximum absolute atomic E-state index is 13.7. The first-order chi connectivity index (χ1) is 11.5. The second-order valence-electron chi connectivity index (χ2n) is 5.23. The maximum Gasteiger partial charge on any atom is 0.252 e. The minimum absolute atomic E-state index is 0.316. The van der Waals surface area contributed by atoms with Gasteiger partial charge in [0.05, 0.1) is 5.69 Å². The van der Waals surface area contributed by atoms with Crippen molar-refractivity contribution in [1.82, 2.24) is 9.21 Å². The summed E-state index contributed by atoms with van der Waals surface area (Å²) in [6, 6.07) is 9.63. The fourth-order valence-electron chi connectivity index (χ4n) is 2.43. The Kier molecular flexibility index (Phi) is 5.14. The van der Waals surface area contributed by atoms with Gasteiger partial charge in [0, 0.05) is 26.2 Å². The van der Waals surface area contributed by atoms with Crippen LogP contribution in [0.3, 0.4) is 0 Å². The van der Waals surface area contributed by atoms with Crippen LogP contribution in [0.4, 0.5) is 10.1 Å². The third-order valence-corrected chi connectivity index (χ3v) is 7.36. The molecule has 0 amide bonds. The average molecular weight is 386 g/mol. The van der Waals surface area contributed by atoms with E-state index in [9.17, 15) is 12.8 Å². The molecular formula is C15H16FN3O2S3. The van der Waals surface area contributed by atoms with Crippen LogP contribution in [0.2, 0.25) is 0 Å². The lowest BCUT2D eigenvalue weighted by atomic mass is 10.3. The molecule has 1 saturated heterocycles. The lowest BCUT2D eigenvalue weighted by Gasteiger charge is -2.35. The first-order valence-corrected chi connectivity index (χ1v) is 10.1. The third-order valence-electron chi connectivity index (χ3n) is 3.73. The number of halogens is 1. The van der Waals surface area contributed by atoms with Crippen molar-refractivity contribution < 1.29 is 12.8 Å². The van der Waals surface area contributed by atoms with Gasteiger partial charge in [-0.1, -0.05) is 18.2 Å². The van der Waals surface area contributed by atoms with Crippen LogP contribution in [0.15, 0.2) is 46.0 Å². The monoisotopic (exact) mass is 385 g/mol. The number of nitrogens with one attached hydrogen (secondary N) is 1. The highest BCUT2D eigenvalue weighted by Gasteiger charge is 2.29. The van der Waals surface area contributed by atoms with Gasteiger partial charge in [0.15, 0.2) is 5.11 Å². The summed E-state index contributed by atoms with van der Waals surface area (Å²) < 4.78 is 40.4. The van der Waals surface area contributed by atoms with Gasteiger partial charge in [0.1, 0.15) is 10.0 Å². The average Bonchev–Trinajstić information content (AvgIpc) is 3.12. The highest BCUT2D eigenvalue weighted by Crippen LogP contribution is 2.22. The maximum atomic E-state index is 13.7. The zero-order chi connectivity index (χ0) is 17.2. The van der Waals surface area contributed by atoms with E-state index in [4.69, 9.17) is 12.2 Å². The molecular weight excluding hydrogens is 369 g/mol. The van der Waals surface area contributed by atoms with Crippen LogP contribution in [0, 0.1) is 5.82 Å². The van der Waals surface area contributed by atoms with Crippen LogP contribution in [0.5, 0.6) is 0 Å². The van der Waals surface area contributed by atoms with Crippen molar-refractivity contribution in [2.75, 3.05) is 31.5 Å². The minimum Gasteiger partial charge on any atom is -0.346 e. The van der Waals surface area contributed by atoms with Gasteiger partial charge in [-0.3, -0.25) is 0 Å². The van der Waals surface area contributed by atoms with Gasteiger partial charge in [0.2, 0.25) is 0 Å². The molecule has 1 aromatic heterocycles. The van der Waals surface area contributed by atoms with Crippen molar-refractivity contribution in [2.24, 2.45) is 0 Å². The Morgan fingerprint density at radius 2 is 1.83 bits per heavy atom. The Labute approximate surface area is 149 Å². The largest absolute Gasteiger partial charge is 0.346 e. The zero-order valence-corrected chi connectivity index (χ0v) is 15.1. The van der Waals surface area contributed by atoms with E-state index in [2.05, 4.69) is 5.32 Å². The number of nitrogens with zero attached hydrogens (tertiary/aromatic N) is 2. The van der Waals surface area contributed by atoms with Gasteiger partial charge in [0.25, 0.3) is 10.0 Å². The second-order valence-corrected chi connectivity index (χ2v) is 8.73. The molecule has 9 heteroatoms. The van der Waals surface area contributed by atoms with Crippen molar-refractivity contribution in [1.29, 1.82) is 0 Å². The molecule has 1 aliphatic heterocycles. The van der Waals surface area contributed by atoms with Crippen LogP contribution in [-0.2, 0) is 10.0 Å². The van der Waals surface area contributed by atoms with E-state index in [1.165, 1.54) is 21.7 Å². The number of hydrogen-bond acceptors (Lipinski definition) is 4. The molecule has 128 valence electrons. The van der Waals surface area contributed by atoms with E-state index in [0.717, 1.165) is 0 Å². The van der Waals surface area contributed by atoms with Gasteiger partial charge in [-0.05, 0) is 35.8 Å². The van der Waals surface area contributed by atoms with Crippen LogP contribution < -0.4 is 5.32 Å². The summed E-state index contributed by atoms with van der Waals surface area (Å²) in [5, 5.41) is 5.02. The van der Waals surface area contributed by atoms with Crippen molar-refractivity contribution in [3.63, 3.8) is 0 Å². The summed E-state index contributed by atoms with van der Waals surface area (Å²) in [5.74, 6) is -0.376. The molecule has 1 N–H and O–H groups in total. The number of para-hydroxylation sites is 1. The fraction of sp³-hybridized carbons (Fsp3) is 0.267. The normalized spacial score (nSPS) is 16.1. The van der Waals surface area contributed by atoms with Gasteiger partial charge in [-0.2, -0.15) is 4.31 Å². The van der Waals surface area contributed by atoms with E-state index in [-0.39, 0.29) is 5.82 Å². The number of thiophene rings is 1. The summed E-state index contributed by atoms with van der Waals surface area (Å²) >= 11 is 6.52. The SMILES string of the molecule is O=S(=O)(c1cccs1)N1CCN(C(=S)Nc2ccccc2F)CC1. The predicted molar refractivity (Wildman–Crippen MR) is 97.3 cm³/mol. The predicted octanol–water partition coefficient (Wildman–Crippen LogP) is 2.59. The number of hydrogen-bond donors (Lipinski definition) is 1. The van der Waals surface area contributed by atoms with Crippen LogP contribution >= 0.6 is 23.6 Å². The Morgan fingerprint density at radius 3 is 2.46 bits per heavy atom. The Morgan fingerprint density at radius 1 is 1.12 bits per heavy atom. The molecule has 1 fully saturated rings. The third kappa shape index (κ3) is 3.59. The summed E-state index contributed by atoms with van der Waals surface area (Å²) in [6.45, 7) is 1.62. The molecule has 2 aromatic rings. The standard InChI is InChI=1S/C15H16FN3O2S3/c16-12-4-1-2-5-13(12)17-15(22)18-7-9-19(10-8-18)24(20,21)14-6-3-11-23-14/h1-6,11H,7-10H2,(H,17,22). The summed E-state index contributed by atoms with van der Waals surface area (Å²) in [7, 11) is -3.43. The van der Waals surface area contributed by atoms with E-state index >= 15 is 0 Å². The molecule has 0 unspecified atom stereocenters. The van der Waals surface area contributed by atoms with Gasteiger partial charge < -0.3 is 10.2 Å². The van der Waals surface area contributed by atoms with Gasteiger partial charge in [-0.25, -0.2) is 12.8 Å². The topological polar surface area (TPSA) is 52.7 Å². The van der Waals surface area contributed by atoms with Gasteiger partial charge in [-0.15, -0.1) is 11.3 Å².